The van der Waals surface area contributed by atoms with Gasteiger partial charge >= 0.3 is 5.97 Å². The lowest BCUT2D eigenvalue weighted by atomic mass is 9.94. The highest BCUT2D eigenvalue weighted by atomic mass is 32.2. The third-order valence-corrected chi connectivity index (χ3v) is 3.87. The van der Waals surface area contributed by atoms with E-state index in [1.165, 1.54) is 24.9 Å². The minimum atomic E-state index is -1.57. The number of hydrogen-bond acceptors (Lipinski definition) is 5. The molecule has 0 saturated carbocycles. The van der Waals surface area contributed by atoms with Crippen LogP contribution in [0.25, 0.3) is 0 Å². The first-order valence-electron chi connectivity index (χ1n) is 5.16. The Balaban J connectivity index is 2.38. The normalized spacial score (nSPS) is 18.1. The molecular weight excluding hydrogens is 256 g/mol. The molecule has 1 aliphatic heterocycles. The predicted molar refractivity (Wildman–Crippen MR) is 64.2 cm³/mol. The lowest BCUT2D eigenvalue weighted by molar-refractivity contribution is -0.150. The zero-order valence-electron chi connectivity index (χ0n) is 9.50. The number of ether oxygens (including phenoxy) is 1. The van der Waals surface area contributed by atoms with Crippen LogP contribution in [0.4, 0.5) is 0 Å². The molecule has 18 heavy (non-hydrogen) atoms. The van der Waals surface area contributed by atoms with Crippen molar-refractivity contribution in [3.63, 3.8) is 0 Å². The summed E-state index contributed by atoms with van der Waals surface area (Å²) in [5.41, 5.74) is 0.352. The number of carboxylic acids is 1. The summed E-state index contributed by atoms with van der Waals surface area (Å²) in [5, 5.41) is 8.67. The maximum Gasteiger partial charge on any atom is 0.372 e. The number of ketones is 2. The first-order valence-corrected chi connectivity index (χ1v) is 6.15. The van der Waals surface area contributed by atoms with Gasteiger partial charge < -0.3 is 9.84 Å². The van der Waals surface area contributed by atoms with Gasteiger partial charge in [-0.3, -0.25) is 9.59 Å². The van der Waals surface area contributed by atoms with Gasteiger partial charge in [-0.1, -0.05) is 0 Å². The monoisotopic (exact) mass is 266 g/mol. The van der Waals surface area contributed by atoms with Crippen LogP contribution in [0, 0.1) is 5.92 Å². The van der Waals surface area contributed by atoms with Crippen molar-refractivity contribution in [1.82, 2.24) is 0 Å². The van der Waals surface area contributed by atoms with Gasteiger partial charge in [0.15, 0.2) is 5.78 Å². The minimum absolute atomic E-state index is 0.170. The Hall–Kier alpha value is -1.82. The number of fused-ring (bicyclic) bond motifs is 1. The van der Waals surface area contributed by atoms with Gasteiger partial charge in [0.25, 0.3) is 5.78 Å². The molecule has 1 atom stereocenters. The summed E-state index contributed by atoms with van der Waals surface area (Å²) in [7, 11) is 1.47. The zero-order chi connectivity index (χ0) is 13.3. The zero-order valence-corrected chi connectivity index (χ0v) is 10.3. The fourth-order valence-corrected chi connectivity index (χ4v) is 2.86. The summed E-state index contributed by atoms with van der Waals surface area (Å²) >= 11 is 1.30. The van der Waals surface area contributed by atoms with Crippen LogP contribution in [0.5, 0.6) is 5.75 Å². The van der Waals surface area contributed by atoms with Crippen molar-refractivity contribution < 1.29 is 24.2 Å². The average molecular weight is 266 g/mol. The van der Waals surface area contributed by atoms with Crippen LogP contribution in [0.1, 0.15) is 10.4 Å². The molecule has 0 bridgehead atoms. The van der Waals surface area contributed by atoms with E-state index in [9.17, 15) is 14.4 Å². The van der Waals surface area contributed by atoms with Crippen molar-refractivity contribution in [2.75, 3.05) is 12.9 Å². The summed E-state index contributed by atoms with van der Waals surface area (Å²) in [4.78, 5) is 34.9. The Labute approximate surface area is 107 Å². The molecule has 0 radical (unpaired) electrons. The van der Waals surface area contributed by atoms with Crippen LogP contribution >= 0.6 is 11.8 Å². The number of benzene rings is 1. The molecule has 1 N–H and O–H groups in total. The highest BCUT2D eigenvalue weighted by Crippen LogP contribution is 2.35. The molecule has 0 amide bonds. The fraction of sp³-hybridized carbons (Fsp3) is 0.250. The number of methoxy groups -OCH3 is 1. The molecule has 2 rings (SSSR count). The molecule has 94 valence electrons. The van der Waals surface area contributed by atoms with Crippen LogP contribution in [0.2, 0.25) is 0 Å². The summed E-state index contributed by atoms with van der Waals surface area (Å²) in [6, 6.07) is 4.99. The molecule has 1 aliphatic rings. The van der Waals surface area contributed by atoms with Gasteiger partial charge in [-0.05, 0) is 18.2 Å². The van der Waals surface area contributed by atoms with Crippen molar-refractivity contribution >= 4 is 29.3 Å². The van der Waals surface area contributed by atoms with E-state index < -0.39 is 23.5 Å². The third kappa shape index (κ3) is 2.11. The molecule has 0 aliphatic carbocycles. The van der Waals surface area contributed by atoms with Gasteiger partial charge in [0.2, 0.25) is 0 Å². The van der Waals surface area contributed by atoms with Crippen molar-refractivity contribution in [2.45, 2.75) is 4.90 Å². The van der Waals surface area contributed by atoms with Crippen molar-refractivity contribution in [3.8, 4) is 5.75 Å². The lowest BCUT2D eigenvalue weighted by Gasteiger charge is -2.20. The molecular formula is C12H10O5S. The topological polar surface area (TPSA) is 80.7 Å². The Morgan fingerprint density at radius 1 is 1.44 bits per heavy atom. The Kier molecular flexibility index (Phi) is 3.38. The van der Waals surface area contributed by atoms with Crippen molar-refractivity contribution in [1.29, 1.82) is 0 Å². The van der Waals surface area contributed by atoms with E-state index in [0.717, 1.165) is 4.90 Å². The van der Waals surface area contributed by atoms with Crippen LogP contribution in [0.3, 0.4) is 0 Å². The van der Waals surface area contributed by atoms with Gasteiger partial charge in [0.1, 0.15) is 11.7 Å². The molecule has 1 aromatic rings. The van der Waals surface area contributed by atoms with E-state index in [0.29, 0.717) is 11.3 Å². The van der Waals surface area contributed by atoms with E-state index in [4.69, 9.17) is 9.84 Å². The predicted octanol–water partition coefficient (Wildman–Crippen LogP) is 1.25. The minimum Gasteiger partial charge on any atom is -0.497 e. The molecule has 1 heterocycles. The lowest BCUT2D eigenvalue weighted by Crippen LogP contribution is -2.34. The van der Waals surface area contributed by atoms with Crippen LogP contribution in [-0.4, -0.2) is 35.5 Å². The fourth-order valence-electron chi connectivity index (χ4n) is 1.73. The summed E-state index contributed by atoms with van der Waals surface area (Å²) in [6.07, 6.45) is 0. The second-order valence-electron chi connectivity index (χ2n) is 3.76. The number of Topliss-reactive ketones (excluding diaryl/α,β-unsaturated/α-hetero) is 2. The second-order valence-corrected chi connectivity index (χ2v) is 4.82. The average Bonchev–Trinajstić information content (AvgIpc) is 2.38. The Morgan fingerprint density at radius 2 is 2.17 bits per heavy atom. The molecule has 0 aromatic heterocycles. The van der Waals surface area contributed by atoms with Gasteiger partial charge in [0, 0.05) is 16.2 Å². The number of thioether (sulfide) groups is 1. The third-order valence-electron chi connectivity index (χ3n) is 2.70. The van der Waals surface area contributed by atoms with Gasteiger partial charge in [-0.2, -0.15) is 0 Å². The molecule has 1 aromatic carbocycles. The van der Waals surface area contributed by atoms with Crippen molar-refractivity contribution in [2.24, 2.45) is 5.92 Å². The smallest absolute Gasteiger partial charge is 0.372 e. The van der Waals surface area contributed by atoms with Crippen molar-refractivity contribution in [3.05, 3.63) is 23.8 Å². The van der Waals surface area contributed by atoms with E-state index in [1.807, 2.05) is 0 Å². The quantitative estimate of drug-likeness (QED) is 0.655. The summed E-state index contributed by atoms with van der Waals surface area (Å²) in [5.74, 6) is -3.50. The SMILES string of the molecule is COc1ccc2c(c1)C(=O)C(C(=O)C(=O)O)CS2. The van der Waals surface area contributed by atoms with Gasteiger partial charge in [-0.25, -0.2) is 4.79 Å². The molecule has 0 saturated heterocycles. The maximum atomic E-state index is 12.1. The number of aliphatic carboxylic acids is 1. The molecule has 1 unspecified atom stereocenters. The molecule has 6 heteroatoms. The van der Waals surface area contributed by atoms with Crippen LogP contribution in [-0.2, 0) is 9.59 Å². The molecule has 0 fully saturated rings. The van der Waals surface area contributed by atoms with Crippen LogP contribution < -0.4 is 4.74 Å². The largest absolute Gasteiger partial charge is 0.497 e. The van der Waals surface area contributed by atoms with Gasteiger partial charge in [0.05, 0.1) is 7.11 Å². The number of carboxylic acid groups (broad SMARTS) is 1. The Bertz CT molecular complexity index is 537. The highest BCUT2D eigenvalue weighted by Gasteiger charge is 2.36. The van der Waals surface area contributed by atoms with E-state index in [-0.39, 0.29) is 5.75 Å². The van der Waals surface area contributed by atoms with E-state index in [1.54, 1.807) is 12.1 Å². The standard InChI is InChI=1S/C12H10O5S/c1-17-6-2-3-9-7(4-6)10(13)8(5-18-9)11(14)12(15)16/h2-4,8H,5H2,1H3,(H,15,16). The first-order chi connectivity index (χ1) is 8.54. The van der Waals surface area contributed by atoms with E-state index >= 15 is 0 Å². The number of carbonyl (C=O) groups is 3. The van der Waals surface area contributed by atoms with Crippen LogP contribution in [0.15, 0.2) is 23.1 Å². The molecule has 5 nitrogen and oxygen atoms in total. The number of hydrogen-bond donors (Lipinski definition) is 1. The number of rotatable bonds is 3. The molecule has 0 spiro atoms. The second kappa shape index (κ2) is 4.81. The number of carbonyl (C=O) groups excluding carboxylic acids is 2. The van der Waals surface area contributed by atoms with Gasteiger partial charge in [-0.15, -0.1) is 11.8 Å². The van der Waals surface area contributed by atoms with E-state index in [2.05, 4.69) is 0 Å². The summed E-state index contributed by atoms with van der Waals surface area (Å²) in [6.45, 7) is 0. The Morgan fingerprint density at radius 3 is 2.78 bits per heavy atom. The summed E-state index contributed by atoms with van der Waals surface area (Å²) < 4.78 is 5.01. The highest BCUT2D eigenvalue weighted by molar-refractivity contribution is 7.99. The first kappa shape index (κ1) is 12.6. The maximum absolute atomic E-state index is 12.1.